The Morgan fingerprint density at radius 3 is 2.96 bits per heavy atom. The number of aromatic amines is 1. The number of halogens is 4. The lowest BCUT2D eigenvalue weighted by Crippen LogP contribution is -2.38. The molecule has 0 spiro atoms. The number of ether oxygens (including phenoxy) is 1. The van der Waals surface area contributed by atoms with Gasteiger partial charge in [-0.05, 0) is 6.42 Å². The average molecular weight is 411 g/mol. The normalized spacial score (nSPS) is 18.4. The lowest BCUT2D eigenvalue weighted by atomic mass is 10.0. The maximum absolute atomic E-state index is 13.0. The van der Waals surface area contributed by atoms with Crippen molar-refractivity contribution in [2.75, 3.05) is 24.5 Å². The number of anilines is 1. The molecule has 0 bridgehead atoms. The molecule has 0 aliphatic carbocycles. The van der Waals surface area contributed by atoms with Gasteiger partial charge in [-0.25, -0.2) is 9.89 Å². The molecular formula is C16H22ClF3N4O3. The topological polar surface area (TPSA) is 87.3 Å². The highest BCUT2D eigenvalue weighted by Gasteiger charge is 2.39. The smallest absolute Gasteiger partial charge is 0.407 e. The molecule has 1 aromatic heterocycles. The quantitative estimate of drug-likeness (QED) is 0.721. The number of nitrogens with zero attached hydrogens (tertiary/aromatic N) is 2. The van der Waals surface area contributed by atoms with E-state index in [0.717, 1.165) is 0 Å². The molecule has 27 heavy (non-hydrogen) atoms. The summed E-state index contributed by atoms with van der Waals surface area (Å²) in [6, 6.07) is 0. The number of carbonyl (C=O) groups excluding carboxylic acids is 1. The van der Waals surface area contributed by atoms with Crippen LogP contribution in [0.15, 0.2) is 11.0 Å². The third-order valence-corrected chi connectivity index (χ3v) is 4.76. The highest BCUT2D eigenvalue weighted by atomic mass is 35.5. The van der Waals surface area contributed by atoms with Crippen molar-refractivity contribution in [1.82, 2.24) is 15.5 Å². The highest BCUT2D eigenvalue weighted by molar-refractivity contribution is 6.33. The summed E-state index contributed by atoms with van der Waals surface area (Å²) in [6.07, 6.45) is -2.85. The molecule has 1 aromatic rings. The van der Waals surface area contributed by atoms with Gasteiger partial charge in [0, 0.05) is 19.5 Å². The van der Waals surface area contributed by atoms with Crippen LogP contribution in [0, 0.1) is 5.92 Å². The Hall–Kier alpha value is -1.97. The van der Waals surface area contributed by atoms with E-state index in [-0.39, 0.29) is 18.0 Å². The van der Waals surface area contributed by atoms with Gasteiger partial charge >= 0.3 is 12.3 Å². The monoisotopic (exact) mass is 410 g/mol. The molecule has 1 aliphatic rings. The second-order valence-corrected chi connectivity index (χ2v) is 6.80. The number of hydrogen-bond donors (Lipinski definition) is 2. The Bertz CT molecular complexity index is 698. The number of aromatic nitrogens is 2. The Kier molecular flexibility index (Phi) is 7.34. The predicted octanol–water partition coefficient (Wildman–Crippen LogP) is 3.10. The molecule has 11 heteroatoms. The average Bonchev–Trinajstić information content (AvgIpc) is 3.04. The summed E-state index contributed by atoms with van der Waals surface area (Å²) < 4.78 is 44.1. The molecule has 2 N–H and O–H groups in total. The van der Waals surface area contributed by atoms with Gasteiger partial charge in [-0.2, -0.15) is 18.3 Å². The van der Waals surface area contributed by atoms with Gasteiger partial charge < -0.3 is 15.0 Å². The number of H-pyrrole nitrogens is 1. The number of amides is 1. The van der Waals surface area contributed by atoms with Crippen LogP contribution in [-0.4, -0.2) is 48.2 Å². The van der Waals surface area contributed by atoms with Crippen LogP contribution in [0.5, 0.6) is 0 Å². The van der Waals surface area contributed by atoms with Gasteiger partial charge in [-0.15, -0.1) is 0 Å². The Morgan fingerprint density at radius 1 is 1.56 bits per heavy atom. The van der Waals surface area contributed by atoms with E-state index < -0.39 is 36.4 Å². The molecule has 1 amide bonds. The number of hydrogen-bond acceptors (Lipinski definition) is 5. The fourth-order valence-corrected chi connectivity index (χ4v) is 3.08. The maximum Gasteiger partial charge on any atom is 0.407 e. The molecule has 0 radical (unpaired) electrons. The Morgan fingerprint density at radius 2 is 2.30 bits per heavy atom. The minimum absolute atomic E-state index is 0.0148. The van der Waals surface area contributed by atoms with Crippen molar-refractivity contribution in [3.8, 4) is 0 Å². The fourth-order valence-electron chi connectivity index (χ4n) is 2.87. The molecule has 0 unspecified atom stereocenters. The second kappa shape index (κ2) is 9.29. The predicted molar refractivity (Wildman–Crippen MR) is 94.0 cm³/mol. The van der Waals surface area contributed by atoms with Crippen molar-refractivity contribution >= 4 is 23.4 Å². The first-order chi connectivity index (χ1) is 12.7. The van der Waals surface area contributed by atoms with Crippen LogP contribution in [0.4, 0.5) is 23.7 Å². The number of nitrogens with one attached hydrogen (secondary N) is 2. The SMILES string of the molecule is CCCC[C@H](CNC(=O)O[C@@H]1CCN(c2cn[nH]c(=O)c2Cl)C1)C(F)(F)F. The minimum atomic E-state index is -4.36. The van der Waals surface area contributed by atoms with E-state index in [1.807, 2.05) is 6.92 Å². The Balaban J connectivity index is 1.84. The van der Waals surface area contributed by atoms with Gasteiger partial charge in [0.2, 0.25) is 0 Å². The van der Waals surface area contributed by atoms with Crippen LogP contribution in [-0.2, 0) is 4.74 Å². The molecule has 0 saturated carbocycles. The van der Waals surface area contributed by atoms with E-state index in [0.29, 0.717) is 31.5 Å². The Labute approximate surface area is 159 Å². The summed E-state index contributed by atoms with van der Waals surface area (Å²) in [7, 11) is 0. The van der Waals surface area contributed by atoms with Gasteiger partial charge in [0.05, 0.1) is 24.3 Å². The van der Waals surface area contributed by atoms with Crippen LogP contribution in [0.25, 0.3) is 0 Å². The van der Waals surface area contributed by atoms with E-state index in [9.17, 15) is 22.8 Å². The van der Waals surface area contributed by atoms with Crippen LogP contribution in [0.2, 0.25) is 5.02 Å². The molecule has 1 aliphatic heterocycles. The zero-order chi connectivity index (χ0) is 20.0. The summed E-state index contributed by atoms with van der Waals surface area (Å²) in [5, 5.41) is 8.08. The first-order valence-electron chi connectivity index (χ1n) is 8.71. The zero-order valence-electron chi connectivity index (χ0n) is 14.8. The number of alkyl halides is 3. The van der Waals surface area contributed by atoms with Crippen molar-refractivity contribution in [2.45, 2.75) is 44.9 Å². The van der Waals surface area contributed by atoms with Crippen LogP contribution >= 0.6 is 11.6 Å². The fraction of sp³-hybridized carbons (Fsp3) is 0.688. The maximum atomic E-state index is 13.0. The zero-order valence-corrected chi connectivity index (χ0v) is 15.6. The van der Waals surface area contributed by atoms with E-state index in [1.54, 1.807) is 4.90 Å². The van der Waals surface area contributed by atoms with Crippen LogP contribution < -0.4 is 15.8 Å². The van der Waals surface area contributed by atoms with E-state index in [1.165, 1.54) is 6.20 Å². The third kappa shape index (κ3) is 6.02. The van der Waals surface area contributed by atoms with Crippen LogP contribution in [0.1, 0.15) is 32.6 Å². The summed E-state index contributed by atoms with van der Waals surface area (Å²) in [5.41, 5.74) is -0.106. The lowest BCUT2D eigenvalue weighted by molar-refractivity contribution is -0.174. The van der Waals surface area contributed by atoms with Crippen molar-refractivity contribution in [1.29, 1.82) is 0 Å². The molecule has 2 heterocycles. The largest absolute Gasteiger partial charge is 0.444 e. The lowest BCUT2D eigenvalue weighted by Gasteiger charge is -2.21. The minimum Gasteiger partial charge on any atom is -0.444 e. The van der Waals surface area contributed by atoms with Crippen molar-refractivity contribution in [3.63, 3.8) is 0 Å². The van der Waals surface area contributed by atoms with Crippen molar-refractivity contribution < 1.29 is 22.7 Å². The summed E-state index contributed by atoms with van der Waals surface area (Å²) >= 11 is 5.94. The van der Waals surface area contributed by atoms with E-state index in [4.69, 9.17) is 16.3 Å². The van der Waals surface area contributed by atoms with Gasteiger partial charge in [0.15, 0.2) is 0 Å². The summed E-state index contributed by atoms with van der Waals surface area (Å²) in [5.74, 6) is -1.59. The van der Waals surface area contributed by atoms with Gasteiger partial charge in [-0.3, -0.25) is 4.79 Å². The number of rotatable bonds is 7. The molecule has 0 aromatic carbocycles. The van der Waals surface area contributed by atoms with Gasteiger partial charge in [-0.1, -0.05) is 31.4 Å². The first-order valence-corrected chi connectivity index (χ1v) is 9.09. The molecular weight excluding hydrogens is 389 g/mol. The molecule has 152 valence electrons. The number of carbonyl (C=O) groups is 1. The number of unbranched alkanes of at least 4 members (excludes halogenated alkanes) is 1. The number of alkyl carbamates (subject to hydrolysis) is 1. The molecule has 7 nitrogen and oxygen atoms in total. The van der Waals surface area contributed by atoms with Crippen molar-refractivity contribution in [2.24, 2.45) is 5.92 Å². The van der Waals surface area contributed by atoms with E-state index >= 15 is 0 Å². The first kappa shape index (κ1) is 21.3. The third-order valence-electron chi connectivity index (χ3n) is 4.40. The summed E-state index contributed by atoms with van der Waals surface area (Å²) in [4.78, 5) is 25.1. The van der Waals surface area contributed by atoms with Crippen molar-refractivity contribution in [3.05, 3.63) is 21.6 Å². The van der Waals surface area contributed by atoms with Gasteiger partial charge in [0.1, 0.15) is 11.1 Å². The highest BCUT2D eigenvalue weighted by Crippen LogP contribution is 2.30. The molecule has 2 rings (SSSR count). The standard InChI is InChI=1S/C16H22ClF3N4O3/c1-2-3-4-10(16(18,19)20)7-21-15(26)27-11-5-6-24(9-11)12-8-22-23-14(25)13(12)17/h8,10-11H,2-7,9H2,1H3,(H,21,26)(H,23,25)/t10-,11-/m1/s1. The molecule has 1 saturated heterocycles. The molecule has 2 atom stereocenters. The van der Waals surface area contributed by atoms with E-state index in [2.05, 4.69) is 15.5 Å². The summed E-state index contributed by atoms with van der Waals surface area (Å²) in [6.45, 7) is 2.05. The van der Waals surface area contributed by atoms with Gasteiger partial charge in [0.25, 0.3) is 5.56 Å². The van der Waals surface area contributed by atoms with Crippen LogP contribution in [0.3, 0.4) is 0 Å². The second-order valence-electron chi connectivity index (χ2n) is 6.42. The molecule has 1 fully saturated rings.